The zero-order valence-corrected chi connectivity index (χ0v) is 9.78. The minimum atomic E-state index is -0.510. The van der Waals surface area contributed by atoms with E-state index in [1.54, 1.807) is 25.4 Å². The summed E-state index contributed by atoms with van der Waals surface area (Å²) in [6, 6.07) is 1.75. The molecule has 1 atom stereocenters. The standard InChI is InChI=1S/C9H14N8O/c1-6(18)5-11-7-13-8(16-10)15-9(14-7)17-4-2-3-12-17/h2-4,6,18H,5,10H2,1H3,(H2,11,13,14,15,16). The number of hydrogen-bond acceptors (Lipinski definition) is 8. The molecular formula is C9H14N8O. The third-order valence-corrected chi connectivity index (χ3v) is 2.02. The zero-order chi connectivity index (χ0) is 13.0. The van der Waals surface area contributed by atoms with E-state index in [1.165, 1.54) is 4.68 Å². The van der Waals surface area contributed by atoms with Gasteiger partial charge in [-0.2, -0.15) is 20.1 Å². The fourth-order valence-corrected chi connectivity index (χ4v) is 1.24. The SMILES string of the molecule is CC(O)CNc1nc(NN)nc(-n2cccn2)n1. The number of nitrogens with zero attached hydrogens (tertiary/aromatic N) is 5. The molecule has 0 aliphatic carbocycles. The van der Waals surface area contributed by atoms with Gasteiger partial charge < -0.3 is 10.4 Å². The molecule has 18 heavy (non-hydrogen) atoms. The monoisotopic (exact) mass is 250 g/mol. The lowest BCUT2D eigenvalue weighted by atomic mass is 10.4. The summed E-state index contributed by atoms with van der Waals surface area (Å²) in [5.74, 6) is 6.14. The normalized spacial score (nSPS) is 12.2. The Balaban J connectivity index is 2.27. The van der Waals surface area contributed by atoms with Crippen LogP contribution in [0.15, 0.2) is 18.5 Å². The van der Waals surface area contributed by atoms with Crippen LogP contribution in [0.1, 0.15) is 6.92 Å². The Hall–Kier alpha value is -2.26. The minimum absolute atomic E-state index is 0.212. The molecule has 5 N–H and O–H groups in total. The first-order valence-electron chi connectivity index (χ1n) is 5.33. The van der Waals surface area contributed by atoms with Crippen molar-refractivity contribution < 1.29 is 5.11 Å². The van der Waals surface area contributed by atoms with Gasteiger partial charge >= 0.3 is 0 Å². The molecule has 0 saturated carbocycles. The Bertz CT molecular complexity index is 497. The van der Waals surface area contributed by atoms with Crippen LogP contribution in [0.4, 0.5) is 11.9 Å². The molecule has 2 aromatic rings. The van der Waals surface area contributed by atoms with E-state index in [2.05, 4.69) is 30.8 Å². The number of aliphatic hydroxyl groups excluding tert-OH is 1. The van der Waals surface area contributed by atoms with Gasteiger partial charge in [0.1, 0.15) is 0 Å². The first kappa shape index (κ1) is 12.2. The Kier molecular flexibility index (Phi) is 3.65. The van der Waals surface area contributed by atoms with Crippen molar-refractivity contribution in [3.8, 4) is 5.95 Å². The van der Waals surface area contributed by atoms with Gasteiger partial charge in [0.05, 0.1) is 6.10 Å². The molecule has 0 aliphatic heterocycles. The molecular weight excluding hydrogens is 236 g/mol. The van der Waals surface area contributed by atoms with Gasteiger partial charge in [-0.05, 0) is 13.0 Å². The fourth-order valence-electron chi connectivity index (χ4n) is 1.24. The second-order valence-electron chi connectivity index (χ2n) is 3.61. The van der Waals surface area contributed by atoms with Crippen molar-refractivity contribution in [2.24, 2.45) is 5.84 Å². The van der Waals surface area contributed by atoms with E-state index < -0.39 is 6.10 Å². The number of nitrogens with two attached hydrogens (primary N) is 1. The van der Waals surface area contributed by atoms with Crippen LogP contribution in [0.3, 0.4) is 0 Å². The average Bonchev–Trinajstić information content (AvgIpc) is 2.89. The predicted molar refractivity (Wildman–Crippen MR) is 64.9 cm³/mol. The lowest BCUT2D eigenvalue weighted by Gasteiger charge is -2.09. The van der Waals surface area contributed by atoms with Crippen molar-refractivity contribution in [2.75, 3.05) is 17.3 Å². The highest BCUT2D eigenvalue weighted by Crippen LogP contribution is 2.07. The van der Waals surface area contributed by atoms with E-state index in [-0.39, 0.29) is 5.95 Å². The lowest BCUT2D eigenvalue weighted by molar-refractivity contribution is 0.208. The van der Waals surface area contributed by atoms with Crippen LogP contribution >= 0.6 is 0 Å². The van der Waals surface area contributed by atoms with Gasteiger partial charge in [0.25, 0.3) is 5.95 Å². The maximum atomic E-state index is 9.20. The molecule has 0 aliphatic rings. The molecule has 0 radical (unpaired) electrons. The molecule has 0 fully saturated rings. The molecule has 0 saturated heterocycles. The average molecular weight is 250 g/mol. The maximum absolute atomic E-state index is 9.20. The van der Waals surface area contributed by atoms with E-state index >= 15 is 0 Å². The second-order valence-corrected chi connectivity index (χ2v) is 3.61. The number of anilines is 2. The summed E-state index contributed by atoms with van der Waals surface area (Å²) < 4.78 is 1.48. The van der Waals surface area contributed by atoms with Crippen LogP contribution in [0.5, 0.6) is 0 Å². The van der Waals surface area contributed by atoms with Gasteiger partial charge in [0.2, 0.25) is 11.9 Å². The molecule has 9 nitrogen and oxygen atoms in total. The van der Waals surface area contributed by atoms with Gasteiger partial charge in [-0.3, -0.25) is 5.43 Å². The smallest absolute Gasteiger partial charge is 0.257 e. The molecule has 0 amide bonds. The van der Waals surface area contributed by atoms with Crippen LogP contribution in [0.25, 0.3) is 5.95 Å². The number of aromatic nitrogens is 5. The summed E-state index contributed by atoms with van der Waals surface area (Å²) in [5, 5.41) is 16.1. The summed E-state index contributed by atoms with van der Waals surface area (Å²) in [5.41, 5.74) is 2.35. The van der Waals surface area contributed by atoms with E-state index in [0.29, 0.717) is 18.4 Å². The van der Waals surface area contributed by atoms with Crippen LogP contribution < -0.4 is 16.6 Å². The van der Waals surface area contributed by atoms with Gasteiger partial charge in [0.15, 0.2) is 0 Å². The van der Waals surface area contributed by atoms with Gasteiger partial charge in [-0.25, -0.2) is 10.5 Å². The second kappa shape index (κ2) is 5.38. The number of nitrogen functional groups attached to an aromatic ring is 1. The summed E-state index contributed by atoms with van der Waals surface area (Å²) in [4.78, 5) is 12.2. The summed E-state index contributed by atoms with van der Waals surface area (Å²) in [7, 11) is 0. The van der Waals surface area contributed by atoms with E-state index in [1.807, 2.05) is 0 Å². The number of aliphatic hydroxyl groups is 1. The zero-order valence-electron chi connectivity index (χ0n) is 9.78. The van der Waals surface area contributed by atoms with Crippen molar-refractivity contribution in [3.05, 3.63) is 18.5 Å². The van der Waals surface area contributed by atoms with Gasteiger partial charge in [-0.1, -0.05) is 0 Å². The predicted octanol–water partition coefficient (Wildman–Crippen LogP) is -0.864. The number of hydrogen-bond donors (Lipinski definition) is 4. The lowest BCUT2D eigenvalue weighted by Crippen LogP contribution is -2.20. The molecule has 9 heteroatoms. The third kappa shape index (κ3) is 2.90. The summed E-state index contributed by atoms with van der Waals surface area (Å²) in [6.45, 7) is 1.98. The Morgan fingerprint density at radius 2 is 2.17 bits per heavy atom. The van der Waals surface area contributed by atoms with Crippen LogP contribution in [-0.2, 0) is 0 Å². The van der Waals surface area contributed by atoms with E-state index in [0.717, 1.165) is 0 Å². The van der Waals surface area contributed by atoms with Crippen LogP contribution in [0.2, 0.25) is 0 Å². The topological polar surface area (TPSA) is 127 Å². The van der Waals surface area contributed by atoms with Crippen LogP contribution in [-0.4, -0.2) is 42.5 Å². The highest BCUT2D eigenvalue weighted by atomic mass is 16.3. The highest BCUT2D eigenvalue weighted by molar-refractivity contribution is 5.36. The van der Waals surface area contributed by atoms with Gasteiger partial charge in [0, 0.05) is 18.9 Å². The number of nitrogens with one attached hydrogen (secondary N) is 2. The Labute approximate surface area is 103 Å². The summed E-state index contributed by atoms with van der Waals surface area (Å²) in [6.07, 6.45) is 2.81. The molecule has 2 heterocycles. The molecule has 0 aromatic carbocycles. The molecule has 1 unspecified atom stereocenters. The molecule has 2 rings (SSSR count). The fraction of sp³-hybridized carbons (Fsp3) is 0.333. The first-order chi connectivity index (χ1) is 8.69. The molecule has 0 bridgehead atoms. The van der Waals surface area contributed by atoms with Crippen molar-refractivity contribution in [1.82, 2.24) is 24.7 Å². The Morgan fingerprint density at radius 3 is 2.78 bits per heavy atom. The maximum Gasteiger partial charge on any atom is 0.257 e. The van der Waals surface area contributed by atoms with Gasteiger partial charge in [-0.15, -0.1) is 0 Å². The molecule has 2 aromatic heterocycles. The number of hydrazine groups is 1. The quantitative estimate of drug-likeness (QED) is 0.398. The minimum Gasteiger partial charge on any atom is -0.392 e. The third-order valence-electron chi connectivity index (χ3n) is 2.02. The highest BCUT2D eigenvalue weighted by Gasteiger charge is 2.08. The van der Waals surface area contributed by atoms with E-state index in [9.17, 15) is 5.11 Å². The molecule has 96 valence electrons. The van der Waals surface area contributed by atoms with E-state index in [4.69, 9.17) is 5.84 Å². The summed E-state index contributed by atoms with van der Waals surface area (Å²) >= 11 is 0. The Morgan fingerprint density at radius 1 is 1.39 bits per heavy atom. The van der Waals surface area contributed by atoms with Crippen molar-refractivity contribution >= 4 is 11.9 Å². The first-order valence-corrected chi connectivity index (χ1v) is 5.33. The van der Waals surface area contributed by atoms with Crippen LogP contribution in [0, 0.1) is 0 Å². The van der Waals surface area contributed by atoms with Crippen molar-refractivity contribution in [1.29, 1.82) is 0 Å². The van der Waals surface area contributed by atoms with Crippen molar-refractivity contribution in [2.45, 2.75) is 13.0 Å². The largest absolute Gasteiger partial charge is 0.392 e. The number of rotatable bonds is 5. The van der Waals surface area contributed by atoms with Crippen molar-refractivity contribution in [3.63, 3.8) is 0 Å². The molecule has 0 spiro atoms.